The van der Waals surface area contributed by atoms with Crippen LogP contribution in [0.4, 0.5) is 0 Å². The standard InChI is InChI=1S/C15H20N2O3/c18-9-3-7-16-8-4-10-20-14-11-17-15(19)13-6-2-1-5-12(13)14/h1-2,5-6,11,16,18H,3-4,7-10H2,(H,17,19). The average Bonchev–Trinajstić information content (AvgIpc) is 2.49. The molecule has 2 aromatic rings. The van der Waals surface area contributed by atoms with Crippen LogP contribution in [0.5, 0.6) is 5.75 Å². The van der Waals surface area contributed by atoms with Gasteiger partial charge in [0.2, 0.25) is 0 Å². The summed E-state index contributed by atoms with van der Waals surface area (Å²) >= 11 is 0. The van der Waals surface area contributed by atoms with E-state index >= 15 is 0 Å². The Morgan fingerprint density at radius 3 is 2.70 bits per heavy atom. The van der Waals surface area contributed by atoms with E-state index in [0.29, 0.717) is 17.7 Å². The lowest BCUT2D eigenvalue weighted by atomic mass is 10.1. The van der Waals surface area contributed by atoms with E-state index in [0.717, 1.165) is 31.3 Å². The van der Waals surface area contributed by atoms with Crippen LogP contribution in [0, 0.1) is 0 Å². The van der Waals surface area contributed by atoms with Crippen molar-refractivity contribution in [1.29, 1.82) is 0 Å². The monoisotopic (exact) mass is 276 g/mol. The summed E-state index contributed by atoms with van der Waals surface area (Å²) in [4.78, 5) is 14.4. The summed E-state index contributed by atoms with van der Waals surface area (Å²) in [5.41, 5.74) is -0.0985. The number of hydrogen-bond donors (Lipinski definition) is 3. The van der Waals surface area contributed by atoms with Gasteiger partial charge in [-0.3, -0.25) is 4.79 Å². The van der Waals surface area contributed by atoms with E-state index in [4.69, 9.17) is 9.84 Å². The van der Waals surface area contributed by atoms with E-state index in [9.17, 15) is 4.79 Å². The van der Waals surface area contributed by atoms with Gasteiger partial charge in [-0.05, 0) is 32.0 Å². The molecule has 108 valence electrons. The summed E-state index contributed by atoms with van der Waals surface area (Å²) in [5.74, 6) is 0.704. The second-order valence-corrected chi connectivity index (χ2v) is 4.56. The summed E-state index contributed by atoms with van der Waals surface area (Å²) < 4.78 is 5.72. The first-order chi connectivity index (χ1) is 9.83. The van der Waals surface area contributed by atoms with E-state index in [-0.39, 0.29) is 12.2 Å². The molecule has 0 aliphatic rings. The zero-order valence-electron chi connectivity index (χ0n) is 11.4. The number of ether oxygens (including phenoxy) is 1. The summed E-state index contributed by atoms with van der Waals surface area (Å²) in [5, 5.41) is 13.3. The maximum atomic E-state index is 11.7. The van der Waals surface area contributed by atoms with E-state index in [1.807, 2.05) is 18.2 Å². The number of hydrogen-bond acceptors (Lipinski definition) is 4. The van der Waals surface area contributed by atoms with Crippen LogP contribution in [0.25, 0.3) is 10.8 Å². The van der Waals surface area contributed by atoms with Crippen LogP contribution >= 0.6 is 0 Å². The number of benzene rings is 1. The van der Waals surface area contributed by atoms with Crippen LogP contribution in [0.2, 0.25) is 0 Å². The SMILES string of the molecule is O=c1[nH]cc(OCCCNCCCO)c2ccccc12. The lowest BCUT2D eigenvalue weighted by molar-refractivity contribution is 0.282. The Morgan fingerprint density at radius 1 is 1.15 bits per heavy atom. The minimum Gasteiger partial charge on any atom is -0.491 e. The van der Waals surface area contributed by atoms with Crippen LogP contribution in [0.1, 0.15) is 12.8 Å². The predicted molar refractivity (Wildman–Crippen MR) is 79.3 cm³/mol. The maximum Gasteiger partial charge on any atom is 0.256 e. The fraction of sp³-hybridized carbons (Fsp3) is 0.400. The molecule has 1 aromatic carbocycles. The highest BCUT2D eigenvalue weighted by atomic mass is 16.5. The molecule has 0 saturated heterocycles. The summed E-state index contributed by atoms with van der Waals surface area (Å²) in [6.07, 6.45) is 3.26. The third-order valence-corrected chi connectivity index (χ3v) is 3.04. The fourth-order valence-electron chi connectivity index (χ4n) is 2.01. The third kappa shape index (κ3) is 3.82. The van der Waals surface area contributed by atoms with Crippen LogP contribution in [-0.2, 0) is 0 Å². The van der Waals surface area contributed by atoms with Gasteiger partial charge in [0.25, 0.3) is 5.56 Å². The summed E-state index contributed by atoms with van der Waals surface area (Å²) in [6, 6.07) is 7.41. The van der Waals surface area contributed by atoms with Crippen LogP contribution in [0.3, 0.4) is 0 Å². The first-order valence-electron chi connectivity index (χ1n) is 6.87. The Kier molecular flexibility index (Phi) is 5.58. The highest BCUT2D eigenvalue weighted by molar-refractivity contribution is 5.86. The number of H-pyrrole nitrogens is 1. The van der Waals surface area contributed by atoms with Gasteiger partial charge in [0, 0.05) is 18.2 Å². The molecule has 5 nitrogen and oxygen atoms in total. The molecular formula is C15H20N2O3. The van der Waals surface area contributed by atoms with Gasteiger partial charge in [-0.1, -0.05) is 18.2 Å². The van der Waals surface area contributed by atoms with Crippen LogP contribution in [0.15, 0.2) is 35.3 Å². The Labute approximate surface area is 117 Å². The molecule has 1 heterocycles. The molecule has 20 heavy (non-hydrogen) atoms. The average molecular weight is 276 g/mol. The van der Waals surface area contributed by atoms with Gasteiger partial charge in [0.1, 0.15) is 5.75 Å². The molecule has 0 radical (unpaired) electrons. The minimum atomic E-state index is -0.0985. The van der Waals surface area contributed by atoms with Crippen LogP contribution in [-0.4, -0.2) is 36.4 Å². The van der Waals surface area contributed by atoms with Gasteiger partial charge in [-0.25, -0.2) is 0 Å². The first kappa shape index (κ1) is 14.6. The van der Waals surface area contributed by atoms with Crippen molar-refractivity contribution < 1.29 is 9.84 Å². The van der Waals surface area contributed by atoms with Crippen molar-refractivity contribution >= 4 is 10.8 Å². The van der Waals surface area contributed by atoms with Gasteiger partial charge in [-0.2, -0.15) is 0 Å². The number of aromatic amines is 1. The zero-order chi connectivity index (χ0) is 14.2. The number of aliphatic hydroxyl groups is 1. The lowest BCUT2D eigenvalue weighted by Gasteiger charge is -2.09. The number of aliphatic hydroxyl groups excluding tert-OH is 1. The molecule has 0 saturated carbocycles. The van der Waals surface area contributed by atoms with Gasteiger partial charge in [0.05, 0.1) is 12.0 Å². The quantitative estimate of drug-likeness (QED) is 0.635. The summed E-state index contributed by atoms with van der Waals surface area (Å²) in [7, 11) is 0. The van der Waals surface area contributed by atoms with E-state index in [1.165, 1.54) is 0 Å². The second-order valence-electron chi connectivity index (χ2n) is 4.56. The highest BCUT2D eigenvalue weighted by Crippen LogP contribution is 2.21. The number of pyridine rings is 1. The molecule has 2 rings (SSSR count). The van der Waals surface area contributed by atoms with Crippen molar-refractivity contribution in [3.8, 4) is 5.75 Å². The zero-order valence-corrected chi connectivity index (χ0v) is 11.4. The van der Waals surface area contributed by atoms with Crippen LogP contribution < -0.4 is 15.6 Å². The van der Waals surface area contributed by atoms with E-state index < -0.39 is 0 Å². The Balaban J connectivity index is 1.88. The largest absolute Gasteiger partial charge is 0.491 e. The maximum absolute atomic E-state index is 11.7. The molecule has 0 aliphatic heterocycles. The summed E-state index contributed by atoms with van der Waals surface area (Å²) in [6.45, 7) is 2.47. The highest BCUT2D eigenvalue weighted by Gasteiger charge is 2.04. The molecule has 1 aromatic heterocycles. The van der Waals surface area contributed by atoms with Crippen molar-refractivity contribution in [2.45, 2.75) is 12.8 Å². The predicted octanol–water partition coefficient (Wildman–Crippen LogP) is 1.27. The molecule has 0 fully saturated rings. The van der Waals surface area contributed by atoms with Gasteiger partial charge in [0.15, 0.2) is 0 Å². The molecule has 0 atom stereocenters. The molecule has 0 unspecified atom stereocenters. The molecule has 5 heteroatoms. The van der Waals surface area contributed by atoms with E-state index in [1.54, 1.807) is 12.3 Å². The van der Waals surface area contributed by atoms with Crippen molar-refractivity contribution in [2.75, 3.05) is 26.3 Å². The molecule has 0 aliphatic carbocycles. The van der Waals surface area contributed by atoms with Crippen molar-refractivity contribution in [2.24, 2.45) is 0 Å². The van der Waals surface area contributed by atoms with Gasteiger partial charge in [-0.15, -0.1) is 0 Å². The third-order valence-electron chi connectivity index (χ3n) is 3.04. The number of aromatic nitrogens is 1. The Hall–Kier alpha value is -1.85. The number of nitrogens with one attached hydrogen (secondary N) is 2. The van der Waals surface area contributed by atoms with Gasteiger partial charge >= 0.3 is 0 Å². The topological polar surface area (TPSA) is 74.4 Å². The molecule has 0 bridgehead atoms. The van der Waals surface area contributed by atoms with Crippen molar-refractivity contribution in [3.63, 3.8) is 0 Å². The molecule has 0 spiro atoms. The van der Waals surface area contributed by atoms with Crippen molar-refractivity contribution in [1.82, 2.24) is 10.3 Å². The first-order valence-corrected chi connectivity index (χ1v) is 6.87. The van der Waals surface area contributed by atoms with Gasteiger partial charge < -0.3 is 20.1 Å². The minimum absolute atomic E-state index is 0.0985. The lowest BCUT2D eigenvalue weighted by Crippen LogP contribution is -2.19. The number of fused-ring (bicyclic) bond motifs is 1. The number of rotatable bonds is 8. The fourth-order valence-corrected chi connectivity index (χ4v) is 2.01. The Bertz CT molecular complexity index is 595. The molecule has 0 amide bonds. The smallest absolute Gasteiger partial charge is 0.256 e. The molecule has 3 N–H and O–H groups in total. The van der Waals surface area contributed by atoms with E-state index in [2.05, 4.69) is 10.3 Å². The Morgan fingerprint density at radius 2 is 1.90 bits per heavy atom. The molecular weight excluding hydrogens is 256 g/mol. The second kappa shape index (κ2) is 7.67. The van der Waals surface area contributed by atoms with Crippen molar-refractivity contribution in [3.05, 3.63) is 40.8 Å². The normalized spacial score (nSPS) is 10.8.